The summed E-state index contributed by atoms with van der Waals surface area (Å²) in [7, 11) is 0. The van der Waals surface area contributed by atoms with E-state index in [1.165, 1.54) is 6.42 Å². The first-order chi connectivity index (χ1) is 16.2. The highest BCUT2D eigenvalue weighted by Gasteiger charge is 2.30. The van der Waals surface area contributed by atoms with Crippen molar-refractivity contribution < 1.29 is 4.74 Å². The Labute approximate surface area is 196 Å². The van der Waals surface area contributed by atoms with Crippen molar-refractivity contribution in [3.8, 4) is 0 Å². The third-order valence-corrected chi connectivity index (χ3v) is 6.55. The largest absolute Gasteiger partial charge is 0.378 e. The molecular weight excluding hydrogens is 412 g/mol. The van der Waals surface area contributed by atoms with Gasteiger partial charge in [-0.2, -0.15) is 15.0 Å². The molecule has 3 heterocycles. The van der Waals surface area contributed by atoms with Gasteiger partial charge in [0.25, 0.3) is 0 Å². The van der Waals surface area contributed by atoms with E-state index >= 15 is 0 Å². The van der Waals surface area contributed by atoms with Crippen LogP contribution >= 0.6 is 0 Å². The van der Waals surface area contributed by atoms with Gasteiger partial charge in [-0.25, -0.2) is 0 Å². The van der Waals surface area contributed by atoms with E-state index < -0.39 is 0 Å². The van der Waals surface area contributed by atoms with E-state index in [2.05, 4.69) is 52.8 Å². The molecule has 3 aromatic rings. The molecule has 2 saturated heterocycles. The number of ether oxygens (including phenoxy) is 1. The molecule has 0 N–H and O–H groups in total. The van der Waals surface area contributed by atoms with Gasteiger partial charge in [-0.15, -0.1) is 0 Å². The average Bonchev–Trinajstić information content (AvgIpc) is 2.86. The fourth-order valence-corrected chi connectivity index (χ4v) is 4.81. The van der Waals surface area contributed by atoms with Crippen LogP contribution in [0.2, 0.25) is 0 Å². The van der Waals surface area contributed by atoms with Crippen molar-refractivity contribution in [3.63, 3.8) is 0 Å². The van der Waals surface area contributed by atoms with Crippen LogP contribution in [-0.2, 0) is 4.74 Å². The second kappa shape index (κ2) is 9.75. The lowest BCUT2D eigenvalue weighted by Gasteiger charge is -2.39. The first kappa shape index (κ1) is 21.6. The van der Waals surface area contributed by atoms with E-state index in [-0.39, 0.29) is 0 Å². The standard InChI is InChI=1S/C26H32N6O/c1-20-10-9-11-21(2)31(20)25-27-24(30-16-18-33-19-17-30)28-26(29-25)32(22-12-5-3-6-13-22)23-14-7-4-8-15-23/h3-8,12-15,20-21H,9-11,16-19H2,1-2H3/t20-,21-/m1/s1. The van der Waals surface area contributed by atoms with Gasteiger partial charge >= 0.3 is 0 Å². The number of morpholine rings is 1. The fraction of sp³-hybridized carbons (Fsp3) is 0.423. The summed E-state index contributed by atoms with van der Waals surface area (Å²) in [5.41, 5.74) is 2.04. The van der Waals surface area contributed by atoms with Crippen molar-refractivity contribution in [2.45, 2.75) is 45.2 Å². The minimum atomic E-state index is 0.392. The van der Waals surface area contributed by atoms with Gasteiger partial charge < -0.3 is 14.5 Å². The van der Waals surface area contributed by atoms with Gasteiger partial charge in [0.15, 0.2) is 0 Å². The van der Waals surface area contributed by atoms with Crippen LogP contribution in [0.4, 0.5) is 29.2 Å². The number of nitrogens with zero attached hydrogens (tertiary/aromatic N) is 6. The third-order valence-electron chi connectivity index (χ3n) is 6.55. The average molecular weight is 445 g/mol. The first-order valence-electron chi connectivity index (χ1n) is 12.0. The number of hydrogen-bond acceptors (Lipinski definition) is 7. The molecule has 2 aromatic carbocycles. The molecule has 0 unspecified atom stereocenters. The van der Waals surface area contributed by atoms with Crippen LogP contribution in [0.25, 0.3) is 0 Å². The van der Waals surface area contributed by atoms with Crippen molar-refractivity contribution in [2.75, 3.05) is 41.0 Å². The van der Waals surface area contributed by atoms with E-state index in [0.29, 0.717) is 31.2 Å². The Bertz CT molecular complexity index is 992. The Morgan fingerprint density at radius 3 is 1.88 bits per heavy atom. The second-order valence-corrected chi connectivity index (χ2v) is 8.88. The Morgan fingerprint density at radius 2 is 1.30 bits per heavy atom. The molecule has 0 spiro atoms. The molecule has 2 fully saturated rings. The van der Waals surface area contributed by atoms with Gasteiger partial charge in [0.2, 0.25) is 17.8 Å². The predicted octanol–water partition coefficient (Wildman–Crippen LogP) is 4.95. The molecular formula is C26H32N6O. The number of rotatable bonds is 5. The molecule has 33 heavy (non-hydrogen) atoms. The Morgan fingerprint density at radius 1 is 0.758 bits per heavy atom. The van der Waals surface area contributed by atoms with Crippen molar-refractivity contribution in [1.82, 2.24) is 15.0 Å². The lowest BCUT2D eigenvalue weighted by atomic mass is 9.98. The maximum absolute atomic E-state index is 5.58. The van der Waals surface area contributed by atoms with Crippen LogP contribution in [0.5, 0.6) is 0 Å². The second-order valence-electron chi connectivity index (χ2n) is 8.88. The summed E-state index contributed by atoms with van der Waals surface area (Å²) < 4.78 is 5.58. The molecule has 7 heteroatoms. The summed E-state index contributed by atoms with van der Waals surface area (Å²) in [6.45, 7) is 7.50. The summed E-state index contributed by atoms with van der Waals surface area (Å²) in [5, 5.41) is 0. The number of aromatic nitrogens is 3. The Hall–Kier alpha value is -3.19. The van der Waals surface area contributed by atoms with E-state index in [4.69, 9.17) is 19.7 Å². The lowest BCUT2D eigenvalue weighted by molar-refractivity contribution is 0.122. The Balaban J connectivity index is 1.65. The van der Waals surface area contributed by atoms with Crippen molar-refractivity contribution >= 4 is 29.2 Å². The SMILES string of the molecule is C[C@@H]1CCC[C@@H](C)N1c1nc(N2CCOCC2)nc(N(c2ccccc2)c2ccccc2)n1. The number of para-hydroxylation sites is 2. The van der Waals surface area contributed by atoms with E-state index in [9.17, 15) is 0 Å². The molecule has 1 aromatic heterocycles. The van der Waals surface area contributed by atoms with Gasteiger partial charge in [-0.3, -0.25) is 4.90 Å². The van der Waals surface area contributed by atoms with Crippen LogP contribution in [0, 0.1) is 0 Å². The molecule has 5 rings (SSSR count). The zero-order chi connectivity index (χ0) is 22.6. The van der Waals surface area contributed by atoms with Gasteiger partial charge in [0.1, 0.15) is 0 Å². The summed E-state index contributed by atoms with van der Waals surface area (Å²) in [6.07, 6.45) is 3.55. The van der Waals surface area contributed by atoms with Crippen LogP contribution in [0.3, 0.4) is 0 Å². The molecule has 7 nitrogen and oxygen atoms in total. The highest BCUT2D eigenvalue weighted by molar-refractivity contribution is 5.73. The van der Waals surface area contributed by atoms with Gasteiger partial charge in [0.05, 0.1) is 13.2 Å². The maximum Gasteiger partial charge on any atom is 0.241 e. The first-order valence-corrected chi connectivity index (χ1v) is 12.0. The van der Waals surface area contributed by atoms with Crippen LogP contribution < -0.4 is 14.7 Å². The van der Waals surface area contributed by atoms with Crippen molar-refractivity contribution in [1.29, 1.82) is 0 Å². The molecule has 172 valence electrons. The quantitative estimate of drug-likeness (QED) is 0.552. The van der Waals surface area contributed by atoms with Gasteiger partial charge in [-0.05, 0) is 57.4 Å². The number of benzene rings is 2. The van der Waals surface area contributed by atoms with Gasteiger partial charge in [0, 0.05) is 36.5 Å². The molecule has 0 saturated carbocycles. The summed E-state index contributed by atoms with van der Waals surface area (Å²) in [6, 6.07) is 21.4. The number of piperidine rings is 1. The topological polar surface area (TPSA) is 57.6 Å². The minimum absolute atomic E-state index is 0.392. The molecule has 2 aliphatic rings. The minimum Gasteiger partial charge on any atom is -0.378 e. The zero-order valence-corrected chi connectivity index (χ0v) is 19.5. The molecule has 0 aliphatic carbocycles. The van der Waals surface area contributed by atoms with Gasteiger partial charge in [-0.1, -0.05) is 36.4 Å². The summed E-state index contributed by atoms with van der Waals surface area (Å²) in [5.74, 6) is 2.13. The Kier molecular flexibility index (Phi) is 6.39. The third kappa shape index (κ3) is 4.64. The number of anilines is 5. The number of hydrogen-bond donors (Lipinski definition) is 0. The van der Waals surface area contributed by atoms with E-state index in [1.54, 1.807) is 0 Å². The maximum atomic E-state index is 5.58. The van der Waals surface area contributed by atoms with E-state index in [1.807, 2.05) is 36.4 Å². The molecule has 0 bridgehead atoms. The van der Waals surface area contributed by atoms with Crippen LogP contribution in [0.1, 0.15) is 33.1 Å². The molecule has 0 radical (unpaired) electrons. The van der Waals surface area contributed by atoms with Crippen LogP contribution in [-0.4, -0.2) is 53.3 Å². The van der Waals surface area contributed by atoms with Crippen LogP contribution in [0.15, 0.2) is 60.7 Å². The summed E-state index contributed by atoms with van der Waals surface area (Å²) >= 11 is 0. The summed E-state index contributed by atoms with van der Waals surface area (Å²) in [4.78, 5) is 21.8. The normalized spacial score (nSPS) is 21.2. The highest BCUT2D eigenvalue weighted by Crippen LogP contribution is 2.35. The van der Waals surface area contributed by atoms with Crippen molar-refractivity contribution in [3.05, 3.63) is 60.7 Å². The zero-order valence-electron chi connectivity index (χ0n) is 19.5. The highest BCUT2D eigenvalue weighted by atomic mass is 16.5. The molecule has 2 aliphatic heterocycles. The fourth-order valence-electron chi connectivity index (χ4n) is 4.81. The monoisotopic (exact) mass is 444 g/mol. The predicted molar refractivity (Wildman–Crippen MR) is 133 cm³/mol. The molecule has 2 atom stereocenters. The van der Waals surface area contributed by atoms with E-state index in [0.717, 1.165) is 49.2 Å². The lowest BCUT2D eigenvalue weighted by Crippen LogP contribution is -2.45. The smallest absolute Gasteiger partial charge is 0.241 e. The molecule has 0 amide bonds. The van der Waals surface area contributed by atoms with Crippen molar-refractivity contribution in [2.24, 2.45) is 0 Å².